The molecule has 0 spiro atoms. The van der Waals surface area contributed by atoms with E-state index in [1.165, 1.54) is 4.90 Å². The van der Waals surface area contributed by atoms with E-state index in [9.17, 15) is 14.9 Å². The van der Waals surface area contributed by atoms with Gasteiger partial charge in [0.05, 0.1) is 12.4 Å². The quantitative estimate of drug-likeness (QED) is 0.744. The van der Waals surface area contributed by atoms with Crippen LogP contribution in [0.3, 0.4) is 0 Å². The van der Waals surface area contributed by atoms with Gasteiger partial charge in [0.15, 0.2) is 0 Å². The zero-order valence-electron chi connectivity index (χ0n) is 18.4. The van der Waals surface area contributed by atoms with Crippen molar-refractivity contribution < 1.29 is 14.3 Å². The van der Waals surface area contributed by atoms with E-state index >= 15 is 0 Å². The number of aromatic nitrogens is 2. The third-order valence-corrected chi connectivity index (χ3v) is 6.68. The Hall–Kier alpha value is -2.99. The molecule has 1 saturated carbocycles. The van der Waals surface area contributed by atoms with Crippen molar-refractivity contribution in [2.75, 3.05) is 6.54 Å². The van der Waals surface area contributed by atoms with Gasteiger partial charge in [-0.1, -0.05) is 0 Å². The van der Waals surface area contributed by atoms with Gasteiger partial charge in [0.2, 0.25) is 5.91 Å². The second-order valence-corrected chi connectivity index (χ2v) is 10.6. The number of thioether (sulfide) groups is 1. The number of nitrogens with zero attached hydrogens (tertiary/aromatic N) is 4. The maximum Gasteiger partial charge on any atom is 0.411 e. The van der Waals surface area contributed by atoms with Crippen molar-refractivity contribution in [3.05, 3.63) is 43.0 Å². The van der Waals surface area contributed by atoms with E-state index in [2.05, 4.69) is 16.4 Å². The molecule has 2 aliphatic rings. The molecule has 0 unspecified atom stereocenters. The summed E-state index contributed by atoms with van der Waals surface area (Å²) >= 11 is 1.64. The molecule has 2 amide bonds. The van der Waals surface area contributed by atoms with Crippen molar-refractivity contribution in [3.63, 3.8) is 0 Å². The highest BCUT2D eigenvalue weighted by Crippen LogP contribution is 2.37. The van der Waals surface area contributed by atoms with Gasteiger partial charge in [0.25, 0.3) is 0 Å². The second kappa shape index (κ2) is 8.51. The average Bonchev–Trinajstić information content (AvgIpc) is 3.14. The molecule has 2 heterocycles. The summed E-state index contributed by atoms with van der Waals surface area (Å²) in [5.74, 6) is -0.284. The Bertz CT molecular complexity index is 1020. The molecule has 0 bridgehead atoms. The molecular formula is C23H27N5O3S. The van der Waals surface area contributed by atoms with Crippen LogP contribution in [0.4, 0.5) is 4.79 Å². The van der Waals surface area contributed by atoms with Crippen LogP contribution in [0, 0.1) is 11.3 Å². The molecule has 8 nitrogen and oxygen atoms in total. The summed E-state index contributed by atoms with van der Waals surface area (Å²) in [5, 5.41) is 12.2. The molecule has 2 fully saturated rings. The maximum absolute atomic E-state index is 13.0. The average molecular weight is 454 g/mol. The second-order valence-electron chi connectivity index (χ2n) is 9.27. The summed E-state index contributed by atoms with van der Waals surface area (Å²) in [4.78, 5) is 32.5. The molecule has 4 rings (SSSR count). The molecule has 1 aliphatic carbocycles. The number of carbonyl (C=O) groups excluding carboxylic acids is 2. The SMILES string of the molecule is CC(C)(C)OC(=O)N1C[C@H](Sc2ccc(-n3ccnc3)cc2)C[C@H]1C(=O)NC1(C#N)CC1. The van der Waals surface area contributed by atoms with Gasteiger partial charge in [-0.15, -0.1) is 11.8 Å². The van der Waals surface area contributed by atoms with Crippen LogP contribution in [0.5, 0.6) is 0 Å². The number of imidazole rings is 1. The normalized spacial score (nSPS) is 21.6. The van der Waals surface area contributed by atoms with E-state index in [4.69, 9.17) is 4.74 Å². The minimum atomic E-state index is -0.773. The largest absolute Gasteiger partial charge is 0.444 e. The number of nitrogens with one attached hydrogen (secondary N) is 1. The lowest BCUT2D eigenvalue weighted by Crippen LogP contribution is -2.50. The van der Waals surface area contributed by atoms with Crippen LogP contribution in [0.1, 0.15) is 40.0 Å². The number of nitriles is 1. The van der Waals surface area contributed by atoms with E-state index in [0.717, 1.165) is 10.6 Å². The highest BCUT2D eigenvalue weighted by atomic mass is 32.2. The first-order valence-electron chi connectivity index (χ1n) is 10.7. The van der Waals surface area contributed by atoms with E-state index in [1.54, 1.807) is 45.1 Å². The van der Waals surface area contributed by atoms with Crippen molar-refractivity contribution in [3.8, 4) is 11.8 Å². The van der Waals surface area contributed by atoms with Gasteiger partial charge in [-0.05, 0) is 64.3 Å². The van der Waals surface area contributed by atoms with Gasteiger partial charge in [-0.3, -0.25) is 9.69 Å². The van der Waals surface area contributed by atoms with Crippen molar-refractivity contribution in [2.24, 2.45) is 0 Å². The topological polar surface area (TPSA) is 100 Å². The predicted molar refractivity (Wildman–Crippen MR) is 120 cm³/mol. The van der Waals surface area contributed by atoms with Crippen LogP contribution < -0.4 is 5.32 Å². The highest BCUT2D eigenvalue weighted by molar-refractivity contribution is 8.00. The van der Waals surface area contributed by atoms with Crippen LogP contribution in [-0.2, 0) is 9.53 Å². The van der Waals surface area contributed by atoms with Crippen molar-refractivity contribution in [1.82, 2.24) is 19.8 Å². The van der Waals surface area contributed by atoms with Crippen LogP contribution in [0.25, 0.3) is 5.69 Å². The van der Waals surface area contributed by atoms with Crippen molar-refractivity contribution in [2.45, 2.75) is 67.4 Å². The zero-order chi connectivity index (χ0) is 22.9. The molecule has 32 heavy (non-hydrogen) atoms. The molecule has 9 heteroatoms. The molecular weight excluding hydrogens is 426 g/mol. The van der Waals surface area contributed by atoms with E-state index in [1.807, 2.05) is 35.0 Å². The minimum absolute atomic E-state index is 0.0367. The van der Waals surface area contributed by atoms with Crippen molar-refractivity contribution in [1.29, 1.82) is 5.26 Å². The Morgan fingerprint density at radius 2 is 2.00 bits per heavy atom. The number of benzene rings is 1. The zero-order valence-corrected chi connectivity index (χ0v) is 19.3. The molecule has 1 aliphatic heterocycles. The Labute approximate surface area is 191 Å². The summed E-state index contributed by atoms with van der Waals surface area (Å²) in [6.45, 7) is 5.82. The Morgan fingerprint density at radius 1 is 1.28 bits per heavy atom. The predicted octanol–water partition coefficient (Wildman–Crippen LogP) is 3.51. The van der Waals surface area contributed by atoms with Gasteiger partial charge in [0, 0.05) is 34.8 Å². The molecule has 1 N–H and O–H groups in total. The first kappa shape index (κ1) is 22.2. The maximum atomic E-state index is 13.0. The molecule has 0 radical (unpaired) electrons. The van der Waals surface area contributed by atoms with Crippen molar-refractivity contribution >= 4 is 23.8 Å². The number of carbonyl (C=O) groups is 2. The summed E-state index contributed by atoms with van der Waals surface area (Å²) in [6.07, 6.45) is 6.66. The van der Waals surface area contributed by atoms with Crippen LogP contribution in [-0.4, -0.2) is 55.4 Å². The molecule has 1 aromatic carbocycles. The summed E-state index contributed by atoms with van der Waals surface area (Å²) < 4.78 is 7.48. The Balaban J connectivity index is 1.46. The van der Waals surface area contributed by atoms with Gasteiger partial charge in [-0.2, -0.15) is 5.26 Å². The van der Waals surface area contributed by atoms with E-state index < -0.39 is 23.3 Å². The smallest absolute Gasteiger partial charge is 0.411 e. The lowest BCUT2D eigenvalue weighted by atomic mass is 10.2. The summed E-state index contributed by atoms with van der Waals surface area (Å²) in [7, 11) is 0. The summed E-state index contributed by atoms with van der Waals surface area (Å²) in [6, 6.07) is 9.61. The highest BCUT2D eigenvalue weighted by Gasteiger charge is 2.49. The molecule has 2 aromatic rings. The van der Waals surface area contributed by atoms with Gasteiger partial charge in [0.1, 0.15) is 17.2 Å². The van der Waals surface area contributed by atoms with Gasteiger partial charge >= 0.3 is 6.09 Å². The first-order valence-corrected chi connectivity index (χ1v) is 11.5. The number of ether oxygens (including phenoxy) is 1. The lowest BCUT2D eigenvalue weighted by Gasteiger charge is -2.28. The van der Waals surface area contributed by atoms with Gasteiger partial charge in [-0.25, -0.2) is 9.78 Å². The Morgan fingerprint density at radius 3 is 2.56 bits per heavy atom. The lowest BCUT2D eigenvalue weighted by molar-refractivity contribution is -0.126. The Kier molecular flexibility index (Phi) is 5.91. The first-order chi connectivity index (χ1) is 15.2. The fourth-order valence-corrected chi connectivity index (χ4v) is 4.86. The number of hydrogen-bond donors (Lipinski definition) is 1. The van der Waals surface area contributed by atoms with Crippen LogP contribution in [0.15, 0.2) is 47.9 Å². The number of likely N-dealkylation sites (tertiary alicyclic amines) is 1. The number of rotatable bonds is 5. The molecule has 2 atom stereocenters. The van der Waals surface area contributed by atoms with Crippen LogP contribution >= 0.6 is 11.8 Å². The summed E-state index contributed by atoms with van der Waals surface area (Å²) in [5.41, 5.74) is -0.417. The number of hydrogen-bond acceptors (Lipinski definition) is 6. The fraction of sp³-hybridized carbons (Fsp3) is 0.478. The fourth-order valence-electron chi connectivity index (χ4n) is 3.66. The molecule has 168 valence electrons. The third kappa shape index (κ3) is 5.07. The monoisotopic (exact) mass is 453 g/mol. The third-order valence-electron chi connectivity index (χ3n) is 5.46. The standard InChI is InChI=1S/C23H27N5O3S/c1-22(2,3)31-21(30)28-13-18(12-19(28)20(29)26-23(14-24)8-9-23)32-17-6-4-16(5-7-17)27-11-10-25-15-27/h4-7,10-11,15,18-19H,8-9,12-13H2,1-3H3,(H,26,29)/t18-,19+/m1/s1. The van der Waals surface area contributed by atoms with Crippen LogP contribution in [0.2, 0.25) is 0 Å². The number of amides is 2. The van der Waals surface area contributed by atoms with E-state index in [-0.39, 0.29) is 11.2 Å². The minimum Gasteiger partial charge on any atom is -0.444 e. The van der Waals surface area contributed by atoms with E-state index in [0.29, 0.717) is 25.8 Å². The van der Waals surface area contributed by atoms with Gasteiger partial charge < -0.3 is 14.6 Å². The molecule has 1 aromatic heterocycles. The molecule has 1 saturated heterocycles.